The lowest BCUT2D eigenvalue weighted by atomic mass is 10.0. The summed E-state index contributed by atoms with van der Waals surface area (Å²) >= 11 is 0. The first-order chi connectivity index (χ1) is 8.66. The summed E-state index contributed by atoms with van der Waals surface area (Å²) in [6, 6.07) is 3.88. The van der Waals surface area contributed by atoms with Gasteiger partial charge >= 0.3 is 0 Å². The number of pyridine rings is 1. The van der Waals surface area contributed by atoms with E-state index in [1.165, 1.54) is 19.3 Å². The second-order valence-corrected chi connectivity index (χ2v) is 4.79. The van der Waals surface area contributed by atoms with Gasteiger partial charge in [0.05, 0.1) is 0 Å². The fourth-order valence-electron chi connectivity index (χ4n) is 2.28. The molecule has 1 aromatic rings. The van der Waals surface area contributed by atoms with E-state index in [-0.39, 0.29) is 0 Å². The Kier molecular flexibility index (Phi) is 4.15. The minimum Gasteiger partial charge on any atom is -0.366 e. The van der Waals surface area contributed by atoms with Crippen molar-refractivity contribution in [1.82, 2.24) is 10.3 Å². The van der Waals surface area contributed by atoms with Gasteiger partial charge in [0.1, 0.15) is 5.82 Å². The van der Waals surface area contributed by atoms with Gasteiger partial charge in [-0.25, -0.2) is 4.98 Å². The highest BCUT2D eigenvalue weighted by Gasteiger charge is 2.15. The number of aromatic nitrogens is 1. The Bertz CT molecular complexity index is 415. The number of nitrogens with one attached hydrogen (secondary N) is 1. The van der Waals surface area contributed by atoms with Gasteiger partial charge in [-0.1, -0.05) is 6.42 Å². The van der Waals surface area contributed by atoms with Crippen LogP contribution in [0.1, 0.15) is 29.6 Å². The van der Waals surface area contributed by atoms with Crippen molar-refractivity contribution in [3.05, 3.63) is 23.9 Å². The van der Waals surface area contributed by atoms with E-state index >= 15 is 0 Å². The van der Waals surface area contributed by atoms with E-state index in [9.17, 15) is 4.79 Å². The van der Waals surface area contributed by atoms with Crippen molar-refractivity contribution in [3.8, 4) is 0 Å². The number of hydrogen-bond acceptors (Lipinski definition) is 4. The molecule has 1 amide bonds. The van der Waals surface area contributed by atoms with Crippen LogP contribution < -0.4 is 16.0 Å². The molecule has 1 unspecified atom stereocenters. The zero-order valence-corrected chi connectivity index (χ0v) is 10.7. The van der Waals surface area contributed by atoms with E-state index in [0.717, 1.165) is 18.9 Å². The number of anilines is 1. The predicted octanol–water partition coefficient (Wildman–Crippen LogP) is 0.759. The molecule has 2 rings (SSSR count). The molecule has 5 heteroatoms. The second-order valence-electron chi connectivity index (χ2n) is 4.79. The van der Waals surface area contributed by atoms with Crippen LogP contribution in [0.15, 0.2) is 18.3 Å². The van der Waals surface area contributed by atoms with Crippen molar-refractivity contribution in [3.63, 3.8) is 0 Å². The van der Waals surface area contributed by atoms with E-state index in [2.05, 4.69) is 15.2 Å². The molecule has 0 radical (unpaired) electrons. The van der Waals surface area contributed by atoms with Gasteiger partial charge < -0.3 is 16.0 Å². The normalized spacial score (nSPS) is 19.5. The molecule has 1 atom stereocenters. The van der Waals surface area contributed by atoms with Gasteiger partial charge in [0, 0.05) is 31.4 Å². The Labute approximate surface area is 107 Å². The molecule has 1 aliphatic heterocycles. The Morgan fingerprint density at radius 1 is 1.61 bits per heavy atom. The lowest BCUT2D eigenvalue weighted by molar-refractivity contribution is 0.1000. The molecule has 3 N–H and O–H groups in total. The van der Waals surface area contributed by atoms with Gasteiger partial charge in [0.2, 0.25) is 5.91 Å². The van der Waals surface area contributed by atoms with Crippen LogP contribution >= 0.6 is 0 Å². The van der Waals surface area contributed by atoms with Crippen molar-refractivity contribution < 1.29 is 4.79 Å². The summed E-state index contributed by atoms with van der Waals surface area (Å²) in [6.07, 6.45) is 5.36. The highest BCUT2D eigenvalue weighted by molar-refractivity contribution is 5.93. The van der Waals surface area contributed by atoms with Crippen LogP contribution in [0.25, 0.3) is 0 Å². The maximum absolute atomic E-state index is 11.1. The molecule has 0 saturated carbocycles. The van der Waals surface area contributed by atoms with Crippen LogP contribution in [0.2, 0.25) is 0 Å². The number of nitrogens with zero attached hydrogens (tertiary/aromatic N) is 2. The molecular formula is C13H20N4O. The summed E-state index contributed by atoms with van der Waals surface area (Å²) in [7, 11) is 1.99. The number of carbonyl (C=O) groups excluding carboxylic acids is 1. The summed E-state index contributed by atoms with van der Waals surface area (Å²) in [5.74, 6) is 0.376. The van der Waals surface area contributed by atoms with Gasteiger partial charge in [0.15, 0.2) is 0 Å². The largest absolute Gasteiger partial charge is 0.366 e. The zero-order valence-electron chi connectivity index (χ0n) is 10.7. The Hall–Kier alpha value is -1.62. The van der Waals surface area contributed by atoms with E-state index in [1.54, 1.807) is 18.3 Å². The van der Waals surface area contributed by atoms with E-state index in [1.807, 2.05) is 7.05 Å². The van der Waals surface area contributed by atoms with Gasteiger partial charge in [-0.2, -0.15) is 0 Å². The number of primary amides is 1. The summed E-state index contributed by atoms with van der Waals surface area (Å²) in [6.45, 7) is 1.99. The van der Waals surface area contributed by atoms with Crippen molar-refractivity contribution >= 4 is 11.7 Å². The van der Waals surface area contributed by atoms with Gasteiger partial charge in [-0.05, 0) is 31.5 Å². The van der Waals surface area contributed by atoms with Crippen molar-refractivity contribution in [2.24, 2.45) is 5.73 Å². The highest BCUT2D eigenvalue weighted by atomic mass is 16.1. The van der Waals surface area contributed by atoms with Crippen molar-refractivity contribution in [2.45, 2.75) is 25.3 Å². The van der Waals surface area contributed by atoms with Crippen LogP contribution in [0.3, 0.4) is 0 Å². The second kappa shape index (κ2) is 5.82. The fourth-order valence-corrected chi connectivity index (χ4v) is 2.28. The third kappa shape index (κ3) is 3.20. The molecule has 18 heavy (non-hydrogen) atoms. The molecule has 2 heterocycles. The SMILES string of the molecule is CN(CC1CCCCN1)c1cc(C(N)=O)ccn1. The smallest absolute Gasteiger partial charge is 0.248 e. The zero-order chi connectivity index (χ0) is 13.0. The highest BCUT2D eigenvalue weighted by Crippen LogP contribution is 2.14. The topological polar surface area (TPSA) is 71.2 Å². The number of piperidine rings is 1. The number of carbonyl (C=O) groups is 1. The van der Waals surface area contributed by atoms with Crippen LogP contribution in [-0.2, 0) is 0 Å². The third-order valence-corrected chi connectivity index (χ3v) is 3.33. The summed E-state index contributed by atoms with van der Waals surface area (Å²) in [4.78, 5) is 17.5. The maximum atomic E-state index is 11.1. The Morgan fingerprint density at radius 3 is 3.11 bits per heavy atom. The molecule has 1 fully saturated rings. The van der Waals surface area contributed by atoms with Crippen LogP contribution in [-0.4, -0.2) is 37.1 Å². The maximum Gasteiger partial charge on any atom is 0.248 e. The third-order valence-electron chi connectivity index (χ3n) is 3.33. The monoisotopic (exact) mass is 248 g/mol. The Morgan fingerprint density at radius 2 is 2.44 bits per heavy atom. The Balaban J connectivity index is 2.01. The minimum atomic E-state index is -0.414. The number of rotatable bonds is 4. The molecule has 0 bridgehead atoms. The minimum absolute atomic E-state index is 0.414. The lowest BCUT2D eigenvalue weighted by Gasteiger charge is -2.28. The summed E-state index contributed by atoms with van der Waals surface area (Å²) < 4.78 is 0. The summed E-state index contributed by atoms with van der Waals surface area (Å²) in [5, 5.41) is 3.50. The summed E-state index contributed by atoms with van der Waals surface area (Å²) in [5.41, 5.74) is 5.77. The molecule has 98 valence electrons. The molecule has 5 nitrogen and oxygen atoms in total. The number of nitrogens with two attached hydrogens (primary N) is 1. The van der Waals surface area contributed by atoms with E-state index in [4.69, 9.17) is 5.73 Å². The molecular weight excluding hydrogens is 228 g/mol. The number of likely N-dealkylation sites (N-methyl/N-ethyl adjacent to an activating group) is 1. The number of amides is 1. The van der Waals surface area contributed by atoms with E-state index < -0.39 is 5.91 Å². The first-order valence-corrected chi connectivity index (χ1v) is 6.37. The molecule has 0 aliphatic carbocycles. The molecule has 1 aliphatic rings. The molecule has 0 aromatic carbocycles. The first-order valence-electron chi connectivity index (χ1n) is 6.37. The standard InChI is InChI=1S/C13H20N4O/c1-17(9-11-4-2-3-6-15-11)12-8-10(13(14)18)5-7-16-12/h5,7-8,11,15H,2-4,6,9H2,1H3,(H2,14,18). The average Bonchev–Trinajstić information content (AvgIpc) is 2.40. The van der Waals surface area contributed by atoms with E-state index in [0.29, 0.717) is 11.6 Å². The first kappa shape index (κ1) is 12.8. The van der Waals surface area contributed by atoms with Crippen LogP contribution in [0.4, 0.5) is 5.82 Å². The molecule has 0 spiro atoms. The van der Waals surface area contributed by atoms with Crippen molar-refractivity contribution in [2.75, 3.05) is 25.0 Å². The lowest BCUT2D eigenvalue weighted by Crippen LogP contribution is -2.42. The fraction of sp³-hybridized carbons (Fsp3) is 0.538. The van der Waals surface area contributed by atoms with Crippen molar-refractivity contribution in [1.29, 1.82) is 0 Å². The van der Waals surface area contributed by atoms with Gasteiger partial charge in [-0.3, -0.25) is 4.79 Å². The molecule has 1 saturated heterocycles. The van der Waals surface area contributed by atoms with Crippen LogP contribution in [0.5, 0.6) is 0 Å². The quantitative estimate of drug-likeness (QED) is 0.825. The molecule has 1 aromatic heterocycles. The van der Waals surface area contributed by atoms with Gasteiger partial charge in [0.25, 0.3) is 0 Å². The predicted molar refractivity (Wildman–Crippen MR) is 71.7 cm³/mol. The van der Waals surface area contributed by atoms with Crippen LogP contribution in [0, 0.1) is 0 Å². The number of hydrogen-bond donors (Lipinski definition) is 2. The van der Waals surface area contributed by atoms with Gasteiger partial charge in [-0.15, -0.1) is 0 Å². The average molecular weight is 248 g/mol.